The zero-order chi connectivity index (χ0) is 17.5. The lowest BCUT2D eigenvalue weighted by Crippen LogP contribution is -2.66. The number of nitrogens with one attached hydrogen (secondary N) is 1. The van der Waals surface area contributed by atoms with Crippen LogP contribution in [-0.4, -0.2) is 49.0 Å². The van der Waals surface area contributed by atoms with Gasteiger partial charge < -0.3 is 24.6 Å². The molecule has 0 spiro atoms. The number of ether oxygens (including phenoxy) is 3. The van der Waals surface area contributed by atoms with E-state index in [0.717, 1.165) is 25.7 Å². The van der Waals surface area contributed by atoms with Crippen LogP contribution in [0.3, 0.4) is 0 Å². The summed E-state index contributed by atoms with van der Waals surface area (Å²) in [7, 11) is 1.58. The number of carbonyl (C=O) groups excluding carboxylic acids is 1. The number of amides is 1. The highest BCUT2D eigenvalue weighted by Crippen LogP contribution is 2.54. The summed E-state index contributed by atoms with van der Waals surface area (Å²) in [6, 6.07) is 0. The maximum absolute atomic E-state index is 11.7. The SMILES string of the molecule is CNC(=O)COC1O[C@@H]2O[C@@H](C)CCC3[C@H](C)CCC([C@H]1C)[C@]32O. The van der Waals surface area contributed by atoms with Crippen molar-refractivity contribution in [3.63, 3.8) is 0 Å². The van der Waals surface area contributed by atoms with Crippen LogP contribution in [0.4, 0.5) is 0 Å². The second-order valence-electron chi connectivity index (χ2n) is 7.86. The molecule has 2 heterocycles. The lowest BCUT2D eigenvalue weighted by molar-refractivity contribution is -0.380. The third kappa shape index (κ3) is 2.98. The standard InChI is InChI=1S/C18H31NO5/c1-10-5-7-14-12(3)16(22-9-15(20)19-4)24-17-18(14,21)13(10)8-6-11(2)23-17/h10-14,16-17,21H,5-9H2,1-4H3,(H,19,20)/t10-,11+,12-,13?,14?,16?,17+,18-/m1/s1. The molecule has 1 amide bonds. The van der Waals surface area contributed by atoms with Crippen LogP contribution in [0.1, 0.15) is 46.5 Å². The molecule has 0 aromatic carbocycles. The topological polar surface area (TPSA) is 77.0 Å². The van der Waals surface area contributed by atoms with Gasteiger partial charge in [0, 0.05) is 18.9 Å². The summed E-state index contributed by atoms with van der Waals surface area (Å²) in [5.74, 6) is 0.549. The lowest BCUT2D eigenvalue weighted by Gasteiger charge is -2.57. The minimum absolute atomic E-state index is 0.0166. The summed E-state index contributed by atoms with van der Waals surface area (Å²) in [5.41, 5.74) is -0.964. The van der Waals surface area contributed by atoms with E-state index in [4.69, 9.17) is 14.2 Å². The van der Waals surface area contributed by atoms with E-state index in [0.29, 0.717) is 5.92 Å². The van der Waals surface area contributed by atoms with Gasteiger partial charge in [-0.05, 0) is 44.4 Å². The van der Waals surface area contributed by atoms with Crippen molar-refractivity contribution in [3.8, 4) is 0 Å². The summed E-state index contributed by atoms with van der Waals surface area (Å²) in [6.07, 6.45) is 2.77. The molecule has 3 fully saturated rings. The maximum Gasteiger partial charge on any atom is 0.245 e. The fourth-order valence-electron chi connectivity index (χ4n) is 4.95. The van der Waals surface area contributed by atoms with Crippen LogP contribution in [0.2, 0.25) is 0 Å². The molecular formula is C18H31NO5. The molecule has 3 unspecified atom stereocenters. The van der Waals surface area contributed by atoms with E-state index in [2.05, 4.69) is 19.2 Å². The Labute approximate surface area is 144 Å². The minimum atomic E-state index is -0.964. The molecule has 0 bridgehead atoms. The zero-order valence-corrected chi connectivity index (χ0v) is 15.2. The van der Waals surface area contributed by atoms with Gasteiger partial charge in [-0.15, -0.1) is 0 Å². The molecule has 1 aliphatic carbocycles. The number of aliphatic hydroxyl groups is 1. The predicted octanol–water partition coefficient (Wildman–Crippen LogP) is 1.66. The van der Waals surface area contributed by atoms with Crippen LogP contribution < -0.4 is 5.32 Å². The first-order chi connectivity index (χ1) is 11.4. The van der Waals surface area contributed by atoms with Crippen molar-refractivity contribution in [1.82, 2.24) is 5.32 Å². The molecule has 3 rings (SSSR count). The van der Waals surface area contributed by atoms with Crippen LogP contribution in [0.25, 0.3) is 0 Å². The van der Waals surface area contributed by atoms with E-state index in [9.17, 15) is 9.90 Å². The van der Waals surface area contributed by atoms with Crippen molar-refractivity contribution in [1.29, 1.82) is 0 Å². The average Bonchev–Trinajstić information content (AvgIpc) is 2.67. The van der Waals surface area contributed by atoms with Crippen LogP contribution in [-0.2, 0) is 19.0 Å². The quantitative estimate of drug-likeness (QED) is 0.816. The summed E-state index contributed by atoms with van der Waals surface area (Å²) in [6.45, 7) is 6.26. The van der Waals surface area contributed by atoms with E-state index < -0.39 is 18.2 Å². The molecule has 2 aliphatic heterocycles. The molecule has 0 aromatic heterocycles. The fraction of sp³-hybridized carbons (Fsp3) is 0.944. The van der Waals surface area contributed by atoms with Crippen molar-refractivity contribution < 1.29 is 24.1 Å². The Hall–Kier alpha value is -0.690. The maximum atomic E-state index is 11.7. The molecule has 3 aliphatic rings. The van der Waals surface area contributed by atoms with E-state index in [1.807, 2.05) is 6.92 Å². The summed E-state index contributed by atoms with van der Waals surface area (Å²) in [4.78, 5) is 11.5. The Kier molecular flexibility index (Phi) is 5.21. The van der Waals surface area contributed by atoms with Gasteiger partial charge in [0.25, 0.3) is 0 Å². The highest BCUT2D eigenvalue weighted by molar-refractivity contribution is 5.76. The molecule has 0 radical (unpaired) electrons. The second kappa shape index (κ2) is 6.90. The number of rotatable bonds is 3. The predicted molar refractivity (Wildman–Crippen MR) is 88.0 cm³/mol. The zero-order valence-electron chi connectivity index (χ0n) is 15.2. The number of carbonyl (C=O) groups is 1. The highest BCUT2D eigenvalue weighted by atomic mass is 16.8. The fourth-order valence-corrected chi connectivity index (χ4v) is 4.95. The first-order valence-electron chi connectivity index (χ1n) is 9.23. The lowest BCUT2D eigenvalue weighted by atomic mass is 9.58. The number of likely N-dealkylation sites (N-methyl/N-ethyl adjacent to an activating group) is 1. The Morgan fingerprint density at radius 2 is 1.88 bits per heavy atom. The third-order valence-corrected chi connectivity index (χ3v) is 6.40. The Balaban J connectivity index is 1.84. The number of hydrogen-bond acceptors (Lipinski definition) is 5. The van der Waals surface area contributed by atoms with Gasteiger partial charge >= 0.3 is 0 Å². The molecule has 0 aromatic rings. The smallest absolute Gasteiger partial charge is 0.245 e. The van der Waals surface area contributed by atoms with Crippen LogP contribution in [0, 0.1) is 23.7 Å². The Morgan fingerprint density at radius 3 is 2.58 bits per heavy atom. The highest BCUT2D eigenvalue weighted by Gasteiger charge is 2.62. The molecule has 1 saturated carbocycles. The molecule has 24 heavy (non-hydrogen) atoms. The first kappa shape index (κ1) is 18.1. The first-order valence-corrected chi connectivity index (χ1v) is 9.23. The van der Waals surface area contributed by atoms with Gasteiger partial charge in [0.2, 0.25) is 5.91 Å². The van der Waals surface area contributed by atoms with E-state index in [-0.39, 0.29) is 36.4 Å². The molecule has 8 atom stereocenters. The van der Waals surface area contributed by atoms with Gasteiger partial charge in [-0.1, -0.05) is 13.8 Å². The van der Waals surface area contributed by atoms with Crippen molar-refractivity contribution in [3.05, 3.63) is 0 Å². The molecular weight excluding hydrogens is 310 g/mol. The average molecular weight is 341 g/mol. The van der Waals surface area contributed by atoms with Gasteiger partial charge in [0.05, 0.1) is 6.10 Å². The van der Waals surface area contributed by atoms with Crippen molar-refractivity contribution >= 4 is 5.91 Å². The van der Waals surface area contributed by atoms with Crippen LogP contribution >= 0.6 is 0 Å². The van der Waals surface area contributed by atoms with Crippen molar-refractivity contribution in [2.24, 2.45) is 23.7 Å². The van der Waals surface area contributed by atoms with E-state index in [1.54, 1.807) is 7.05 Å². The van der Waals surface area contributed by atoms with Gasteiger partial charge in [-0.3, -0.25) is 4.79 Å². The van der Waals surface area contributed by atoms with E-state index in [1.165, 1.54) is 0 Å². The van der Waals surface area contributed by atoms with Gasteiger partial charge in [-0.25, -0.2) is 0 Å². The second-order valence-corrected chi connectivity index (χ2v) is 7.86. The van der Waals surface area contributed by atoms with Gasteiger partial charge in [0.1, 0.15) is 12.2 Å². The van der Waals surface area contributed by atoms with E-state index >= 15 is 0 Å². The minimum Gasteiger partial charge on any atom is -0.384 e. The van der Waals surface area contributed by atoms with Crippen LogP contribution in [0.5, 0.6) is 0 Å². The van der Waals surface area contributed by atoms with Crippen molar-refractivity contribution in [2.45, 2.75) is 70.7 Å². The third-order valence-electron chi connectivity index (χ3n) is 6.40. The Bertz CT molecular complexity index is 472. The van der Waals surface area contributed by atoms with Gasteiger partial charge in [0.15, 0.2) is 12.6 Å². The summed E-state index contributed by atoms with van der Waals surface area (Å²) in [5, 5.41) is 14.2. The van der Waals surface area contributed by atoms with Crippen molar-refractivity contribution in [2.75, 3.05) is 13.7 Å². The number of hydrogen-bond donors (Lipinski definition) is 2. The molecule has 2 N–H and O–H groups in total. The monoisotopic (exact) mass is 341 g/mol. The van der Waals surface area contributed by atoms with Gasteiger partial charge in [-0.2, -0.15) is 0 Å². The Morgan fingerprint density at radius 1 is 1.17 bits per heavy atom. The summed E-state index contributed by atoms with van der Waals surface area (Å²) < 4.78 is 17.8. The molecule has 138 valence electrons. The van der Waals surface area contributed by atoms with Crippen LogP contribution in [0.15, 0.2) is 0 Å². The molecule has 6 heteroatoms. The largest absolute Gasteiger partial charge is 0.384 e. The molecule has 2 saturated heterocycles. The molecule has 6 nitrogen and oxygen atoms in total. The normalized spacial score (nSPS) is 48.3. The summed E-state index contributed by atoms with van der Waals surface area (Å²) >= 11 is 0.